The number of hydrogen-bond acceptors (Lipinski definition) is 4. The van der Waals surface area contributed by atoms with E-state index >= 15 is 0 Å². The third kappa shape index (κ3) is 26.4. The lowest BCUT2D eigenvalue weighted by Gasteiger charge is -2.08. The van der Waals surface area contributed by atoms with E-state index in [-0.39, 0.29) is 31.0 Å². The molecule has 0 aromatic heterocycles. The van der Waals surface area contributed by atoms with E-state index in [0.717, 1.165) is 38.5 Å². The van der Waals surface area contributed by atoms with Gasteiger partial charge in [0.15, 0.2) is 6.61 Å². The number of aliphatic hydroxyl groups is 1. The molecule has 0 heterocycles. The molecule has 0 aliphatic heterocycles. The number of aliphatic hydroxyl groups excluding tert-OH is 1. The van der Waals surface area contributed by atoms with Crippen molar-refractivity contribution in [3.8, 4) is 24.7 Å². The van der Waals surface area contributed by atoms with Gasteiger partial charge in [0.2, 0.25) is 0 Å². The van der Waals surface area contributed by atoms with Gasteiger partial charge in [0.05, 0.1) is 11.8 Å². The molecule has 0 aliphatic carbocycles. The molecule has 27 heavy (non-hydrogen) atoms. The average Bonchev–Trinajstić information content (AvgIpc) is 2.66. The summed E-state index contributed by atoms with van der Waals surface area (Å²) in [6.07, 6.45) is 18.0. The van der Waals surface area contributed by atoms with Crippen LogP contribution in [0.1, 0.15) is 79.1 Å². The molecule has 0 saturated carbocycles. The molecule has 156 valence electrons. The van der Waals surface area contributed by atoms with Crippen LogP contribution in [0.2, 0.25) is 0 Å². The first kappa shape index (κ1) is 29.8. The van der Waals surface area contributed by atoms with Crippen molar-refractivity contribution in [2.45, 2.75) is 79.1 Å². The maximum absolute atomic E-state index is 11.2. The third-order valence-electron chi connectivity index (χ3n) is 3.69. The van der Waals surface area contributed by atoms with Crippen LogP contribution in [0.4, 0.5) is 0 Å². The van der Waals surface area contributed by atoms with Crippen molar-refractivity contribution in [3.63, 3.8) is 0 Å². The molecule has 0 amide bonds. The van der Waals surface area contributed by atoms with Gasteiger partial charge in [0.25, 0.3) is 0 Å². The van der Waals surface area contributed by atoms with Gasteiger partial charge < -0.3 is 14.9 Å². The highest BCUT2D eigenvalue weighted by atomic mass is 16.5. The van der Waals surface area contributed by atoms with Gasteiger partial charge in [-0.25, -0.2) is 0 Å². The molecular weight excluding hydrogens is 344 g/mol. The Kier molecular flexibility index (Phi) is 26.5. The van der Waals surface area contributed by atoms with Crippen molar-refractivity contribution in [2.24, 2.45) is 11.8 Å². The molecule has 5 nitrogen and oxygen atoms in total. The average molecular weight is 383 g/mol. The Bertz CT molecular complexity index is 431. The topological polar surface area (TPSA) is 83.8 Å². The summed E-state index contributed by atoms with van der Waals surface area (Å²) < 4.78 is 4.81. The summed E-state index contributed by atoms with van der Waals surface area (Å²) in [5, 5.41) is 16.1. The highest BCUT2D eigenvalue weighted by Crippen LogP contribution is 2.10. The van der Waals surface area contributed by atoms with Crippen LogP contribution in [0.3, 0.4) is 0 Å². The van der Waals surface area contributed by atoms with Gasteiger partial charge in [-0.2, -0.15) is 0 Å². The zero-order valence-corrected chi connectivity index (χ0v) is 17.5. The number of rotatable bonds is 11. The highest BCUT2D eigenvalue weighted by molar-refractivity contribution is 5.72. The molecule has 2 unspecified atom stereocenters. The first-order chi connectivity index (χ1) is 12.8. The minimum Gasteiger partial charge on any atom is -0.481 e. The maximum atomic E-state index is 11.2. The number of carbonyl (C=O) groups is 2. The standard InChI is InChI=1S/C11H18O2.C8H16O2.C3H4O/c1-4-6-7-8-10(3)11(12)13-9-5-2;1-3-4-5-6-7(2)8(9)10;1-2-3-4/h2,10H,4,6-9H2,1,3H3;7H,3-6H2,1-2H3,(H,9,10);1,4H,3H2. The fraction of sp³-hybridized carbons (Fsp3) is 0.727. The fourth-order valence-electron chi connectivity index (χ4n) is 1.90. The zero-order valence-electron chi connectivity index (χ0n) is 17.5. The van der Waals surface area contributed by atoms with E-state index in [9.17, 15) is 9.59 Å². The van der Waals surface area contributed by atoms with Crippen molar-refractivity contribution < 1.29 is 24.5 Å². The molecule has 0 spiro atoms. The summed E-state index contributed by atoms with van der Waals surface area (Å²) in [4.78, 5) is 21.5. The predicted molar refractivity (Wildman–Crippen MR) is 110 cm³/mol. The van der Waals surface area contributed by atoms with E-state index in [1.165, 1.54) is 12.8 Å². The summed E-state index contributed by atoms with van der Waals surface area (Å²) in [5.41, 5.74) is 0. The number of esters is 1. The quantitative estimate of drug-likeness (QED) is 0.317. The van der Waals surface area contributed by atoms with E-state index in [0.29, 0.717) is 0 Å². The first-order valence-corrected chi connectivity index (χ1v) is 9.69. The molecule has 5 heteroatoms. The number of hydrogen-bond donors (Lipinski definition) is 2. The molecule has 0 rings (SSSR count). The molecule has 0 fully saturated rings. The second-order valence-corrected chi connectivity index (χ2v) is 6.31. The molecule has 0 bridgehead atoms. The van der Waals surface area contributed by atoms with Crippen molar-refractivity contribution >= 4 is 11.9 Å². The number of unbranched alkanes of at least 4 members (excludes halogenated alkanes) is 4. The van der Waals surface area contributed by atoms with Crippen molar-refractivity contribution in [1.29, 1.82) is 0 Å². The van der Waals surface area contributed by atoms with E-state index in [4.69, 9.17) is 21.4 Å². The second-order valence-electron chi connectivity index (χ2n) is 6.31. The minimum atomic E-state index is -0.670. The van der Waals surface area contributed by atoms with Crippen LogP contribution < -0.4 is 0 Å². The normalized spacial score (nSPS) is 11.2. The number of carboxylic acid groups (broad SMARTS) is 1. The smallest absolute Gasteiger partial charge is 0.309 e. The van der Waals surface area contributed by atoms with Gasteiger partial charge in [-0.1, -0.05) is 78.1 Å². The minimum absolute atomic E-state index is 0.0140. The van der Waals surface area contributed by atoms with E-state index in [2.05, 4.69) is 26.2 Å². The number of aliphatic carboxylic acids is 1. The summed E-state index contributed by atoms with van der Waals surface area (Å²) >= 11 is 0. The van der Waals surface area contributed by atoms with Gasteiger partial charge in [-0.05, 0) is 12.8 Å². The number of carboxylic acids is 1. The Morgan fingerprint density at radius 3 is 1.70 bits per heavy atom. The van der Waals surface area contributed by atoms with Gasteiger partial charge >= 0.3 is 11.9 Å². The highest BCUT2D eigenvalue weighted by Gasteiger charge is 2.12. The van der Waals surface area contributed by atoms with Crippen LogP contribution in [0.5, 0.6) is 0 Å². The Labute approximate surface area is 165 Å². The van der Waals surface area contributed by atoms with Crippen LogP contribution in [0.15, 0.2) is 0 Å². The zero-order chi connectivity index (χ0) is 21.5. The second kappa shape index (κ2) is 24.0. The van der Waals surface area contributed by atoms with Gasteiger partial charge in [-0.15, -0.1) is 12.8 Å². The monoisotopic (exact) mass is 382 g/mol. The Hall–Kier alpha value is -1.98. The summed E-state index contributed by atoms with van der Waals surface area (Å²) in [6.45, 7) is 7.84. The first-order valence-electron chi connectivity index (χ1n) is 9.69. The summed E-state index contributed by atoms with van der Waals surface area (Å²) in [6, 6.07) is 0. The molecule has 0 saturated heterocycles. The van der Waals surface area contributed by atoms with Crippen LogP contribution in [-0.2, 0) is 14.3 Å². The van der Waals surface area contributed by atoms with Crippen LogP contribution in [0, 0.1) is 36.5 Å². The lowest BCUT2D eigenvalue weighted by atomic mass is 10.0. The van der Waals surface area contributed by atoms with E-state index < -0.39 is 5.97 Å². The van der Waals surface area contributed by atoms with Crippen LogP contribution >= 0.6 is 0 Å². The SMILES string of the molecule is C#CCO.C#CCOC(=O)C(C)CCCCC.CCCCCC(C)C(=O)O. The van der Waals surface area contributed by atoms with Gasteiger partial charge in [-0.3, -0.25) is 9.59 Å². The number of terminal acetylenes is 2. The Morgan fingerprint density at radius 2 is 1.37 bits per heavy atom. The molecule has 2 atom stereocenters. The van der Waals surface area contributed by atoms with E-state index in [1.54, 1.807) is 6.92 Å². The number of ether oxygens (including phenoxy) is 1. The van der Waals surface area contributed by atoms with E-state index in [1.807, 2.05) is 12.8 Å². The fourth-order valence-corrected chi connectivity index (χ4v) is 1.90. The lowest BCUT2D eigenvalue weighted by molar-refractivity contribution is -0.146. The number of carbonyl (C=O) groups excluding carboxylic acids is 1. The maximum Gasteiger partial charge on any atom is 0.309 e. The Balaban J connectivity index is -0.000000364. The molecule has 2 N–H and O–H groups in total. The van der Waals surface area contributed by atoms with Crippen LogP contribution in [-0.4, -0.2) is 35.4 Å². The Morgan fingerprint density at radius 1 is 0.926 bits per heavy atom. The van der Waals surface area contributed by atoms with Crippen molar-refractivity contribution in [2.75, 3.05) is 13.2 Å². The molecular formula is C22H38O5. The largest absolute Gasteiger partial charge is 0.481 e. The third-order valence-corrected chi connectivity index (χ3v) is 3.69. The predicted octanol–water partition coefficient (Wildman–Crippen LogP) is 4.28. The van der Waals surface area contributed by atoms with Crippen LogP contribution in [0.25, 0.3) is 0 Å². The van der Waals surface area contributed by atoms with Gasteiger partial charge in [0, 0.05) is 0 Å². The summed E-state index contributed by atoms with van der Waals surface area (Å²) in [7, 11) is 0. The van der Waals surface area contributed by atoms with Gasteiger partial charge in [0.1, 0.15) is 6.61 Å². The van der Waals surface area contributed by atoms with Crippen molar-refractivity contribution in [3.05, 3.63) is 0 Å². The molecule has 0 aromatic rings. The summed E-state index contributed by atoms with van der Waals surface area (Å²) in [5.74, 6) is 3.25. The van der Waals surface area contributed by atoms with Crippen molar-refractivity contribution in [1.82, 2.24) is 0 Å². The molecule has 0 aromatic carbocycles. The lowest BCUT2D eigenvalue weighted by Crippen LogP contribution is -2.14. The molecule has 0 radical (unpaired) electrons. The molecule has 0 aliphatic rings.